The Bertz CT molecular complexity index is 352. The molecule has 0 radical (unpaired) electrons. The van der Waals surface area contributed by atoms with Crippen LogP contribution in [0.1, 0.15) is 51.4 Å². The number of hydrogen-bond donors (Lipinski definition) is 1. The molecule has 0 bridgehead atoms. The minimum Gasteiger partial charge on any atom is -0.328 e. The van der Waals surface area contributed by atoms with Crippen LogP contribution in [0.2, 0.25) is 0 Å². The molecule has 0 aromatic carbocycles. The van der Waals surface area contributed by atoms with Crippen LogP contribution in [0.4, 0.5) is 0 Å². The Balaban J connectivity index is 1.97. The molecule has 2 rings (SSSR count). The Kier molecular flexibility index (Phi) is 4.14. The fraction of sp³-hybridized carbons (Fsp3) is 1.00. The molecule has 100 valence electrons. The molecule has 0 spiro atoms. The minimum atomic E-state index is -2.84. The molecule has 2 aliphatic rings. The van der Waals surface area contributed by atoms with Gasteiger partial charge in [0.05, 0.1) is 5.25 Å². The van der Waals surface area contributed by atoms with Crippen molar-refractivity contribution in [2.75, 3.05) is 6.26 Å². The van der Waals surface area contributed by atoms with Crippen molar-refractivity contribution in [1.29, 1.82) is 0 Å². The van der Waals surface area contributed by atoms with Gasteiger partial charge >= 0.3 is 0 Å². The van der Waals surface area contributed by atoms with E-state index >= 15 is 0 Å². The predicted octanol–water partition coefficient (Wildman–Crippen LogP) is 2.11. The van der Waals surface area contributed by atoms with Crippen LogP contribution in [0, 0.1) is 11.8 Å². The molecule has 0 aliphatic heterocycles. The van der Waals surface area contributed by atoms with E-state index in [4.69, 9.17) is 5.73 Å². The maximum absolute atomic E-state index is 11.7. The highest BCUT2D eigenvalue weighted by molar-refractivity contribution is 7.91. The molecule has 4 heteroatoms. The van der Waals surface area contributed by atoms with E-state index in [9.17, 15) is 8.42 Å². The normalized spacial score (nSPS) is 40.1. The zero-order valence-electron chi connectivity index (χ0n) is 10.8. The zero-order chi connectivity index (χ0) is 12.5. The fourth-order valence-corrected chi connectivity index (χ4v) is 4.88. The Labute approximate surface area is 105 Å². The molecule has 3 nitrogen and oxygen atoms in total. The molecule has 0 aromatic rings. The van der Waals surface area contributed by atoms with Crippen LogP contribution in [0.15, 0.2) is 0 Å². The van der Waals surface area contributed by atoms with Gasteiger partial charge in [-0.05, 0) is 37.5 Å². The lowest BCUT2D eigenvalue weighted by Crippen LogP contribution is -2.36. The van der Waals surface area contributed by atoms with E-state index in [0.717, 1.165) is 32.1 Å². The summed E-state index contributed by atoms with van der Waals surface area (Å²) in [5, 5.41) is -0.0839. The third-order valence-electron chi connectivity index (χ3n) is 4.69. The molecule has 4 atom stereocenters. The largest absolute Gasteiger partial charge is 0.328 e. The van der Waals surface area contributed by atoms with E-state index < -0.39 is 9.84 Å². The lowest BCUT2D eigenvalue weighted by molar-refractivity contribution is 0.185. The summed E-state index contributed by atoms with van der Waals surface area (Å²) in [7, 11) is -2.84. The Morgan fingerprint density at radius 3 is 2.12 bits per heavy atom. The smallest absolute Gasteiger partial charge is 0.150 e. The number of sulfone groups is 1. The van der Waals surface area contributed by atoms with E-state index in [2.05, 4.69) is 0 Å². The quantitative estimate of drug-likeness (QED) is 0.826. The van der Waals surface area contributed by atoms with Gasteiger partial charge in [-0.25, -0.2) is 8.42 Å². The van der Waals surface area contributed by atoms with Crippen molar-refractivity contribution in [3.05, 3.63) is 0 Å². The van der Waals surface area contributed by atoms with Gasteiger partial charge in [0.15, 0.2) is 0 Å². The highest BCUT2D eigenvalue weighted by atomic mass is 32.2. The summed E-state index contributed by atoms with van der Waals surface area (Å²) in [5.41, 5.74) is 6.03. The second kappa shape index (κ2) is 5.27. The van der Waals surface area contributed by atoms with Crippen molar-refractivity contribution < 1.29 is 8.42 Å². The summed E-state index contributed by atoms with van der Waals surface area (Å²) in [4.78, 5) is 0. The first kappa shape index (κ1) is 13.3. The highest BCUT2D eigenvalue weighted by Crippen LogP contribution is 2.39. The molecule has 2 fully saturated rings. The lowest BCUT2D eigenvalue weighted by atomic mass is 9.72. The van der Waals surface area contributed by atoms with E-state index in [1.807, 2.05) is 0 Å². The van der Waals surface area contributed by atoms with Gasteiger partial charge in [-0.1, -0.05) is 25.7 Å². The number of rotatable bonds is 2. The van der Waals surface area contributed by atoms with Crippen molar-refractivity contribution in [1.82, 2.24) is 0 Å². The van der Waals surface area contributed by atoms with Crippen molar-refractivity contribution in [3.8, 4) is 0 Å². The van der Waals surface area contributed by atoms with E-state index in [0.29, 0.717) is 17.9 Å². The molecule has 17 heavy (non-hydrogen) atoms. The molecule has 2 aliphatic carbocycles. The fourth-order valence-electron chi connectivity index (χ4n) is 3.69. The minimum absolute atomic E-state index is 0.0839. The highest BCUT2D eigenvalue weighted by Gasteiger charge is 2.34. The third-order valence-corrected chi connectivity index (χ3v) is 6.33. The second-order valence-electron chi connectivity index (χ2n) is 6.06. The maximum atomic E-state index is 11.7. The average Bonchev–Trinajstić information content (AvgIpc) is 2.28. The molecule has 2 N–H and O–H groups in total. The second-order valence-corrected chi connectivity index (χ2v) is 8.39. The molecule has 2 saturated carbocycles. The number of hydrogen-bond acceptors (Lipinski definition) is 3. The van der Waals surface area contributed by atoms with Gasteiger partial charge in [0.1, 0.15) is 9.84 Å². The van der Waals surface area contributed by atoms with Crippen LogP contribution in [0.5, 0.6) is 0 Å². The summed E-state index contributed by atoms with van der Waals surface area (Å²) in [6, 6.07) is 0.354. The van der Waals surface area contributed by atoms with E-state index in [1.165, 1.54) is 25.5 Å². The van der Waals surface area contributed by atoms with Crippen LogP contribution < -0.4 is 5.73 Å². The standard InChI is InChI=1S/C13H25NO2S/c1-17(15,16)13-7-3-5-11(9-13)10-4-2-6-12(14)8-10/h10-13H,2-9,14H2,1H3. The lowest BCUT2D eigenvalue weighted by Gasteiger charge is -2.37. The Hall–Kier alpha value is -0.0900. The van der Waals surface area contributed by atoms with Crippen LogP contribution >= 0.6 is 0 Å². The summed E-state index contributed by atoms with van der Waals surface area (Å²) >= 11 is 0. The van der Waals surface area contributed by atoms with E-state index in [-0.39, 0.29) is 5.25 Å². The molecular weight excluding hydrogens is 234 g/mol. The van der Waals surface area contributed by atoms with Crippen LogP contribution in [0.3, 0.4) is 0 Å². The molecule has 0 amide bonds. The molecule has 4 unspecified atom stereocenters. The van der Waals surface area contributed by atoms with Gasteiger partial charge in [-0.15, -0.1) is 0 Å². The third kappa shape index (κ3) is 3.44. The summed E-state index contributed by atoms with van der Waals surface area (Å²) < 4.78 is 23.3. The van der Waals surface area contributed by atoms with Crippen molar-refractivity contribution in [3.63, 3.8) is 0 Å². The van der Waals surface area contributed by atoms with E-state index in [1.54, 1.807) is 0 Å². The van der Waals surface area contributed by atoms with Crippen LogP contribution in [0.25, 0.3) is 0 Å². The first-order valence-corrected chi connectivity index (χ1v) is 8.86. The van der Waals surface area contributed by atoms with Gasteiger partial charge in [-0.2, -0.15) is 0 Å². The predicted molar refractivity (Wildman–Crippen MR) is 70.5 cm³/mol. The van der Waals surface area contributed by atoms with Gasteiger partial charge in [0.2, 0.25) is 0 Å². The van der Waals surface area contributed by atoms with Crippen LogP contribution in [-0.2, 0) is 9.84 Å². The molecule has 0 heterocycles. The maximum Gasteiger partial charge on any atom is 0.150 e. The van der Waals surface area contributed by atoms with Crippen LogP contribution in [-0.4, -0.2) is 26.0 Å². The van der Waals surface area contributed by atoms with Gasteiger partial charge < -0.3 is 5.73 Å². The van der Waals surface area contributed by atoms with Crippen molar-refractivity contribution in [2.24, 2.45) is 17.6 Å². The first-order chi connectivity index (χ1) is 7.97. The average molecular weight is 259 g/mol. The Morgan fingerprint density at radius 2 is 1.53 bits per heavy atom. The summed E-state index contributed by atoms with van der Waals surface area (Å²) in [6.07, 6.45) is 10.2. The topological polar surface area (TPSA) is 60.2 Å². The molecule has 0 aromatic heterocycles. The SMILES string of the molecule is CS(=O)(=O)C1CCCC(C2CCCC(N)C2)C1. The monoisotopic (exact) mass is 259 g/mol. The molecule has 0 saturated heterocycles. The van der Waals surface area contributed by atoms with Gasteiger partial charge in [-0.3, -0.25) is 0 Å². The van der Waals surface area contributed by atoms with Gasteiger partial charge in [0.25, 0.3) is 0 Å². The van der Waals surface area contributed by atoms with Crippen molar-refractivity contribution >= 4 is 9.84 Å². The first-order valence-electron chi connectivity index (χ1n) is 6.91. The number of nitrogens with two attached hydrogens (primary N) is 1. The van der Waals surface area contributed by atoms with Crippen molar-refractivity contribution in [2.45, 2.75) is 62.7 Å². The van der Waals surface area contributed by atoms with Gasteiger partial charge in [0, 0.05) is 12.3 Å². The molecular formula is C13H25NO2S. The zero-order valence-corrected chi connectivity index (χ0v) is 11.6. The summed E-state index contributed by atoms with van der Waals surface area (Å²) in [5.74, 6) is 1.29. The Morgan fingerprint density at radius 1 is 0.941 bits per heavy atom. The summed E-state index contributed by atoms with van der Waals surface area (Å²) in [6.45, 7) is 0.